The van der Waals surface area contributed by atoms with Crippen LogP contribution < -0.4 is 9.47 Å². The molecule has 0 radical (unpaired) electrons. The molecule has 7 nitrogen and oxygen atoms in total. The maximum Gasteiger partial charge on any atom is 0.243 e. The summed E-state index contributed by atoms with van der Waals surface area (Å²) in [5.41, 5.74) is 0.157. The van der Waals surface area contributed by atoms with E-state index in [1.807, 2.05) is 0 Å². The van der Waals surface area contributed by atoms with E-state index in [0.29, 0.717) is 32.1 Å². The molecule has 0 aromatic heterocycles. The molecule has 1 saturated heterocycles. The average Bonchev–Trinajstić information content (AvgIpc) is 2.73. The van der Waals surface area contributed by atoms with E-state index in [2.05, 4.69) is 0 Å². The van der Waals surface area contributed by atoms with Crippen LogP contribution in [0.25, 0.3) is 0 Å². The van der Waals surface area contributed by atoms with Crippen molar-refractivity contribution in [1.82, 2.24) is 4.31 Å². The van der Waals surface area contributed by atoms with Gasteiger partial charge in [0.1, 0.15) is 5.75 Å². The molecule has 0 aliphatic carbocycles. The molecule has 28 heavy (non-hydrogen) atoms. The molecule has 150 valence electrons. The smallest absolute Gasteiger partial charge is 0.243 e. The summed E-state index contributed by atoms with van der Waals surface area (Å²) in [5.74, 6) is -0.657. The Bertz CT molecular complexity index is 939. The minimum absolute atomic E-state index is 0.0505. The number of hydrogen-bond donors (Lipinski definition) is 0. The van der Waals surface area contributed by atoms with E-state index in [-0.39, 0.29) is 22.8 Å². The van der Waals surface area contributed by atoms with Gasteiger partial charge in [0.05, 0.1) is 25.2 Å². The van der Waals surface area contributed by atoms with Gasteiger partial charge < -0.3 is 14.2 Å². The molecule has 0 atom stereocenters. The minimum Gasteiger partial charge on any atom is -0.494 e. The van der Waals surface area contributed by atoms with Crippen LogP contribution in [-0.4, -0.2) is 58.5 Å². The second kappa shape index (κ2) is 8.68. The molecule has 0 saturated carbocycles. The Labute approximate surface area is 162 Å². The molecule has 2 aromatic carbocycles. The number of carbonyl (C=O) groups excluding carboxylic acids is 1. The lowest BCUT2D eigenvalue weighted by atomic mass is 10.1. The van der Waals surface area contributed by atoms with Crippen LogP contribution in [0, 0.1) is 5.82 Å². The predicted octanol–water partition coefficient (Wildman–Crippen LogP) is 2.12. The van der Waals surface area contributed by atoms with Gasteiger partial charge >= 0.3 is 0 Å². The van der Waals surface area contributed by atoms with Gasteiger partial charge in [-0.3, -0.25) is 4.79 Å². The third kappa shape index (κ3) is 4.49. The molecule has 0 bridgehead atoms. The van der Waals surface area contributed by atoms with Crippen molar-refractivity contribution in [1.29, 1.82) is 0 Å². The first-order valence-corrected chi connectivity index (χ1v) is 10.0. The number of sulfonamides is 1. The number of nitrogens with zero attached hydrogens (tertiary/aromatic N) is 1. The maximum atomic E-state index is 13.7. The zero-order valence-electron chi connectivity index (χ0n) is 15.3. The zero-order chi connectivity index (χ0) is 20.1. The summed E-state index contributed by atoms with van der Waals surface area (Å²) in [5, 5.41) is 0. The molecule has 0 spiro atoms. The van der Waals surface area contributed by atoms with Crippen LogP contribution in [0.1, 0.15) is 10.4 Å². The highest BCUT2D eigenvalue weighted by Crippen LogP contribution is 2.21. The second-order valence-electron chi connectivity index (χ2n) is 6.05. The van der Waals surface area contributed by atoms with E-state index in [1.165, 1.54) is 47.8 Å². The SMILES string of the molecule is COc1ccc(C(=O)COc2ccc(S(=O)(=O)N3CCOCC3)cc2)cc1F. The third-order valence-electron chi connectivity index (χ3n) is 4.28. The number of ether oxygens (including phenoxy) is 3. The molecule has 1 aliphatic rings. The van der Waals surface area contributed by atoms with Crippen LogP contribution in [0.5, 0.6) is 11.5 Å². The number of morpholine rings is 1. The predicted molar refractivity (Wildman–Crippen MR) is 98.8 cm³/mol. The molecule has 9 heteroatoms. The van der Waals surface area contributed by atoms with Crippen LogP contribution in [0.4, 0.5) is 4.39 Å². The molecule has 0 N–H and O–H groups in total. The summed E-state index contributed by atoms with van der Waals surface area (Å²) >= 11 is 0. The molecule has 3 rings (SSSR count). The summed E-state index contributed by atoms with van der Waals surface area (Å²) in [6.07, 6.45) is 0. The Hall–Kier alpha value is -2.49. The normalized spacial score (nSPS) is 15.2. The molecule has 0 unspecified atom stereocenters. The fraction of sp³-hybridized carbons (Fsp3) is 0.316. The number of Topliss-reactive ketones (excluding diaryl/α,β-unsaturated/α-hetero) is 1. The van der Waals surface area contributed by atoms with Crippen molar-refractivity contribution in [3.05, 3.63) is 53.8 Å². The van der Waals surface area contributed by atoms with Gasteiger partial charge in [0.2, 0.25) is 10.0 Å². The Morgan fingerprint density at radius 3 is 2.43 bits per heavy atom. The van der Waals surface area contributed by atoms with Crippen molar-refractivity contribution in [2.24, 2.45) is 0 Å². The summed E-state index contributed by atoms with van der Waals surface area (Å²) in [6.45, 7) is 1.06. The molecule has 1 aliphatic heterocycles. The third-order valence-corrected chi connectivity index (χ3v) is 6.19. The number of benzene rings is 2. The van der Waals surface area contributed by atoms with Crippen molar-refractivity contribution in [2.45, 2.75) is 4.90 Å². The van der Waals surface area contributed by atoms with Gasteiger partial charge in [-0.2, -0.15) is 4.31 Å². The van der Waals surface area contributed by atoms with Crippen molar-refractivity contribution in [3.8, 4) is 11.5 Å². The summed E-state index contributed by atoms with van der Waals surface area (Å²) in [4.78, 5) is 12.3. The van der Waals surface area contributed by atoms with Gasteiger partial charge in [-0.25, -0.2) is 12.8 Å². The van der Waals surface area contributed by atoms with E-state index < -0.39 is 21.6 Å². The van der Waals surface area contributed by atoms with Crippen LogP contribution in [0.15, 0.2) is 47.4 Å². The van der Waals surface area contributed by atoms with Crippen molar-refractivity contribution < 1.29 is 31.8 Å². The zero-order valence-corrected chi connectivity index (χ0v) is 16.1. The molecule has 0 amide bonds. The fourth-order valence-corrected chi connectivity index (χ4v) is 4.12. The second-order valence-corrected chi connectivity index (χ2v) is 7.99. The molecule has 2 aromatic rings. The monoisotopic (exact) mass is 409 g/mol. The van der Waals surface area contributed by atoms with Gasteiger partial charge in [-0.05, 0) is 42.5 Å². The quantitative estimate of drug-likeness (QED) is 0.652. The molecular formula is C19H20FNO6S. The highest BCUT2D eigenvalue weighted by atomic mass is 32.2. The lowest BCUT2D eigenvalue weighted by Gasteiger charge is -2.26. The molecule has 1 heterocycles. The van der Waals surface area contributed by atoms with Gasteiger partial charge in [-0.15, -0.1) is 0 Å². The number of hydrogen-bond acceptors (Lipinski definition) is 6. The standard InChI is InChI=1S/C19H20FNO6S/c1-25-19-7-2-14(12-17(19)20)18(22)13-27-15-3-5-16(6-4-15)28(23,24)21-8-10-26-11-9-21/h2-7,12H,8-11,13H2,1H3. The van der Waals surface area contributed by atoms with Gasteiger partial charge in [-0.1, -0.05) is 0 Å². The Morgan fingerprint density at radius 2 is 1.82 bits per heavy atom. The van der Waals surface area contributed by atoms with Crippen molar-refractivity contribution >= 4 is 15.8 Å². The number of rotatable bonds is 7. The Morgan fingerprint density at radius 1 is 1.14 bits per heavy atom. The number of halogens is 1. The first-order chi connectivity index (χ1) is 13.4. The van der Waals surface area contributed by atoms with E-state index >= 15 is 0 Å². The number of carbonyl (C=O) groups is 1. The van der Waals surface area contributed by atoms with E-state index in [0.717, 1.165) is 6.07 Å². The summed E-state index contributed by atoms with van der Waals surface area (Å²) in [7, 11) is -2.25. The van der Waals surface area contributed by atoms with E-state index in [4.69, 9.17) is 14.2 Å². The summed E-state index contributed by atoms with van der Waals surface area (Å²) < 4.78 is 55.6. The van der Waals surface area contributed by atoms with Crippen molar-refractivity contribution in [3.63, 3.8) is 0 Å². The number of methoxy groups -OCH3 is 1. The van der Waals surface area contributed by atoms with Gasteiger partial charge in [0.25, 0.3) is 0 Å². The molecule has 1 fully saturated rings. The minimum atomic E-state index is -3.59. The fourth-order valence-electron chi connectivity index (χ4n) is 2.72. The maximum absolute atomic E-state index is 13.7. The van der Waals surface area contributed by atoms with E-state index in [1.54, 1.807) is 0 Å². The van der Waals surface area contributed by atoms with Crippen LogP contribution in [0.2, 0.25) is 0 Å². The lowest BCUT2D eigenvalue weighted by molar-refractivity contribution is 0.0730. The van der Waals surface area contributed by atoms with Gasteiger partial charge in [0, 0.05) is 18.7 Å². The van der Waals surface area contributed by atoms with E-state index in [9.17, 15) is 17.6 Å². The molecular weight excluding hydrogens is 389 g/mol. The largest absolute Gasteiger partial charge is 0.494 e. The van der Waals surface area contributed by atoms with Crippen LogP contribution in [0.3, 0.4) is 0 Å². The summed E-state index contributed by atoms with van der Waals surface area (Å²) in [6, 6.07) is 9.72. The number of ketones is 1. The first-order valence-electron chi connectivity index (χ1n) is 8.59. The highest BCUT2D eigenvalue weighted by Gasteiger charge is 2.26. The first kappa shape index (κ1) is 20.2. The Balaban J connectivity index is 1.63. The van der Waals surface area contributed by atoms with Crippen LogP contribution >= 0.6 is 0 Å². The topological polar surface area (TPSA) is 82.1 Å². The van der Waals surface area contributed by atoms with Crippen molar-refractivity contribution in [2.75, 3.05) is 40.0 Å². The lowest BCUT2D eigenvalue weighted by Crippen LogP contribution is -2.40. The average molecular weight is 409 g/mol. The Kier molecular flexibility index (Phi) is 6.28. The van der Waals surface area contributed by atoms with Gasteiger partial charge in [0.15, 0.2) is 24.0 Å². The van der Waals surface area contributed by atoms with Crippen LogP contribution in [-0.2, 0) is 14.8 Å². The highest BCUT2D eigenvalue weighted by molar-refractivity contribution is 7.89.